The Morgan fingerprint density at radius 1 is 1.14 bits per heavy atom. The van der Waals surface area contributed by atoms with Gasteiger partial charge in [-0.1, -0.05) is 24.3 Å². The second kappa shape index (κ2) is 6.78. The predicted molar refractivity (Wildman–Crippen MR) is 84.9 cm³/mol. The van der Waals surface area contributed by atoms with Crippen LogP contribution in [0.1, 0.15) is 24.4 Å². The van der Waals surface area contributed by atoms with Gasteiger partial charge in [0.25, 0.3) is 0 Å². The Kier molecular flexibility index (Phi) is 4.58. The van der Waals surface area contributed by atoms with E-state index in [1.54, 1.807) is 18.6 Å². The van der Waals surface area contributed by atoms with Crippen LogP contribution in [0.5, 0.6) is 0 Å². The summed E-state index contributed by atoms with van der Waals surface area (Å²) in [6, 6.07) is 9.04. The molecule has 2 aromatic rings. The summed E-state index contributed by atoms with van der Waals surface area (Å²) in [6.07, 6.45) is 7.90. The fraction of sp³-hybridized carbons (Fsp3) is 0.412. The molecule has 21 heavy (non-hydrogen) atoms. The number of nitrogens with one attached hydrogen (secondary N) is 1. The number of hydrogen-bond acceptors (Lipinski definition) is 4. The van der Waals surface area contributed by atoms with E-state index < -0.39 is 0 Å². The second-order valence-corrected chi connectivity index (χ2v) is 5.56. The molecule has 1 aromatic heterocycles. The monoisotopic (exact) mass is 282 g/mol. The summed E-state index contributed by atoms with van der Waals surface area (Å²) in [7, 11) is 2.04. The molecule has 1 aliphatic heterocycles. The third kappa shape index (κ3) is 3.46. The van der Waals surface area contributed by atoms with Crippen LogP contribution in [0.15, 0.2) is 42.9 Å². The SMILES string of the molecule is CNC(CN1CCCC1)c1ccc(-c2cnccn2)cc1. The number of likely N-dealkylation sites (tertiary alicyclic amines) is 1. The van der Waals surface area contributed by atoms with Crippen LogP contribution < -0.4 is 5.32 Å². The third-order valence-electron chi connectivity index (χ3n) is 4.16. The van der Waals surface area contributed by atoms with Gasteiger partial charge in [-0.05, 0) is 38.5 Å². The first kappa shape index (κ1) is 14.2. The first-order chi connectivity index (χ1) is 10.4. The molecule has 1 fully saturated rings. The van der Waals surface area contributed by atoms with Crippen LogP contribution in [0, 0.1) is 0 Å². The van der Waals surface area contributed by atoms with Gasteiger partial charge in [-0.3, -0.25) is 9.97 Å². The molecule has 0 amide bonds. The van der Waals surface area contributed by atoms with Crippen molar-refractivity contribution in [2.75, 3.05) is 26.7 Å². The van der Waals surface area contributed by atoms with E-state index in [9.17, 15) is 0 Å². The van der Waals surface area contributed by atoms with Crippen LogP contribution in [0.25, 0.3) is 11.3 Å². The summed E-state index contributed by atoms with van der Waals surface area (Å²) in [5.41, 5.74) is 3.37. The van der Waals surface area contributed by atoms with Crippen molar-refractivity contribution < 1.29 is 0 Å². The molecule has 1 N–H and O–H groups in total. The van der Waals surface area contributed by atoms with Gasteiger partial charge in [-0.15, -0.1) is 0 Å². The first-order valence-corrected chi connectivity index (χ1v) is 7.63. The van der Waals surface area contributed by atoms with Crippen molar-refractivity contribution >= 4 is 0 Å². The molecular formula is C17H22N4. The van der Waals surface area contributed by atoms with Crippen molar-refractivity contribution in [3.63, 3.8) is 0 Å². The maximum absolute atomic E-state index is 4.34. The molecule has 4 heteroatoms. The summed E-state index contributed by atoms with van der Waals surface area (Å²) in [4.78, 5) is 11.0. The van der Waals surface area contributed by atoms with Crippen LogP contribution in [-0.2, 0) is 0 Å². The minimum atomic E-state index is 0.388. The normalized spacial score (nSPS) is 17.0. The summed E-state index contributed by atoms with van der Waals surface area (Å²) < 4.78 is 0. The summed E-state index contributed by atoms with van der Waals surface area (Å²) >= 11 is 0. The topological polar surface area (TPSA) is 41.0 Å². The van der Waals surface area contributed by atoms with Crippen molar-refractivity contribution in [1.29, 1.82) is 0 Å². The van der Waals surface area contributed by atoms with E-state index in [0.29, 0.717) is 6.04 Å². The highest BCUT2D eigenvalue weighted by molar-refractivity contribution is 5.58. The van der Waals surface area contributed by atoms with Gasteiger partial charge < -0.3 is 10.2 Å². The van der Waals surface area contributed by atoms with Gasteiger partial charge in [0, 0.05) is 30.5 Å². The number of likely N-dealkylation sites (N-methyl/N-ethyl adjacent to an activating group) is 1. The molecule has 110 valence electrons. The van der Waals surface area contributed by atoms with Crippen molar-refractivity contribution in [2.45, 2.75) is 18.9 Å². The molecule has 1 aliphatic rings. The van der Waals surface area contributed by atoms with Crippen molar-refractivity contribution in [3.8, 4) is 11.3 Å². The van der Waals surface area contributed by atoms with Gasteiger partial charge in [0.2, 0.25) is 0 Å². The molecule has 0 radical (unpaired) electrons. The van der Waals surface area contributed by atoms with Gasteiger partial charge in [-0.2, -0.15) is 0 Å². The average molecular weight is 282 g/mol. The standard InChI is InChI=1S/C17H22N4/c1-18-17(13-21-10-2-3-11-21)15-6-4-14(5-7-15)16-12-19-8-9-20-16/h4-9,12,17-18H,2-3,10-11,13H2,1H3. The highest BCUT2D eigenvalue weighted by atomic mass is 15.2. The van der Waals surface area contributed by atoms with Crippen molar-refractivity contribution in [2.24, 2.45) is 0 Å². The predicted octanol–water partition coefficient (Wildman–Crippen LogP) is 2.50. The minimum Gasteiger partial charge on any atom is -0.312 e. The van der Waals surface area contributed by atoms with Gasteiger partial charge in [0.05, 0.1) is 11.9 Å². The summed E-state index contributed by atoms with van der Waals surface area (Å²) in [5.74, 6) is 0. The Hall–Kier alpha value is -1.78. The lowest BCUT2D eigenvalue weighted by Crippen LogP contribution is -2.31. The maximum atomic E-state index is 4.34. The zero-order valence-corrected chi connectivity index (χ0v) is 12.5. The molecule has 1 aromatic carbocycles. The Bertz CT molecular complexity index is 547. The fourth-order valence-electron chi connectivity index (χ4n) is 2.92. The maximum Gasteiger partial charge on any atom is 0.0885 e. The summed E-state index contributed by atoms with van der Waals surface area (Å²) in [6.45, 7) is 3.55. The Balaban J connectivity index is 1.72. The number of aromatic nitrogens is 2. The molecular weight excluding hydrogens is 260 g/mol. The van der Waals surface area contributed by atoms with E-state index in [-0.39, 0.29) is 0 Å². The van der Waals surface area contributed by atoms with Crippen LogP contribution in [0.3, 0.4) is 0 Å². The third-order valence-corrected chi connectivity index (χ3v) is 4.16. The average Bonchev–Trinajstić information content (AvgIpc) is 3.07. The lowest BCUT2D eigenvalue weighted by Gasteiger charge is -2.23. The number of hydrogen-bond donors (Lipinski definition) is 1. The van der Waals surface area contributed by atoms with E-state index in [1.165, 1.54) is 31.5 Å². The summed E-state index contributed by atoms with van der Waals surface area (Å²) in [5, 5.41) is 3.43. The Labute approximate surface area is 126 Å². The van der Waals surface area contributed by atoms with E-state index in [4.69, 9.17) is 0 Å². The zero-order chi connectivity index (χ0) is 14.5. The molecule has 2 heterocycles. The highest BCUT2D eigenvalue weighted by Gasteiger charge is 2.17. The van der Waals surface area contributed by atoms with E-state index >= 15 is 0 Å². The molecule has 0 bridgehead atoms. The Morgan fingerprint density at radius 2 is 1.90 bits per heavy atom. The number of nitrogens with zero attached hydrogens (tertiary/aromatic N) is 3. The second-order valence-electron chi connectivity index (χ2n) is 5.56. The van der Waals surface area contributed by atoms with Crippen molar-refractivity contribution in [3.05, 3.63) is 48.4 Å². The van der Waals surface area contributed by atoms with Gasteiger partial charge in [0.1, 0.15) is 0 Å². The van der Waals surface area contributed by atoms with E-state index in [2.05, 4.69) is 44.5 Å². The highest BCUT2D eigenvalue weighted by Crippen LogP contribution is 2.21. The van der Waals surface area contributed by atoms with E-state index in [0.717, 1.165) is 17.8 Å². The quantitative estimate of drug-likeness (QED) is 0.915. The van der Waals surface area contributed by atoms with Gasteiger partial charge in [0.15, 0.2) is 0 Å². The molecule has 0 spiro atoms. The lowest BCUT2D eigenvalue weighted by molar-refractivity contribution is 0.299. The van der Waals surface area contributed by atoms with Crippen LogP contribution in [0.4, 0.5) is 0 Å². The van der Waals surface area contributed by atoms with Crippen LogP contribution in [-0.4, -0.2) is 41.5 Å². The van der Waals surface area contributed by atoms with Crippen molar-refractivity contribution in [1.82, 2.24) is 20.2 Å². The zero-order valence-electron chi connectivity index (χ0n) is 12.5. The molecule has 1 saturated heterocycles. The fourth-order valence-corrected chi connectivity index (χ4v) is 2.92. The van der Waals surface area contributed by atoms with Crippen LogP contribution in [0.2, 0.25) is 0 Å². The van der Waals surface area contributed by atoms with Gasteiger partial charge in [-0.25, -0.2) is 0 Å². The number of benzene rings is 1. The van der Waals surface area contributed by atoms with Gasteiger partial charge >= 0.3 is 0 Å². The molecule has 0 aliphatic carbocycles. The van der Waals surface area contributed by atoms with E-state index in [1.807, 2.05) is 7.05 Å². The minimum absolute atomic E-state index is 0.388. The first-order valence-electron chi connectivity index (χ1n) is 7.63. The smallest absolute Gasteiger partial charge is 0.0885 e. The largest absolute Gasteiger partial charge is 0.312 e. The number of rotatable bonds is 5. The molecule has 1 atom stereocenters. The molecule has 3 rings (SSSR count). The lowest BCUT2D eigenvalue weighted by atomic mass is 10.0. The molecule has 0 saturated carbocycles. The Morgan fingerprint density at radius 3 is 2.52 bits per heavy atom. The van der Waals surface area contributed by atoms with Crippen LogP contribution >= 0.6 is 0 Å². The molecule has 4 nitrogen and oxygen atoms in total. The molecule has 1 unspecified atom stereocenters.